The molecule has 86 valence electrons. The van der Waals surface area contributed by atoms with Crippen molar-refractivity contribution in [3.8, 4) is 0 Å². The zero-order valence-corrected chi connectivity index (χ0v) is 9.47. The van der Waals surface area contributed by atoms with Gasteiger partial charge in [0.2, 0.25) is 0 Å². The number of aliphatic carboxylic acids is 1. The third-order valence-electron chi connectivity index (χ3n) is 3.29. The maximum Gasteiger partial charge on any atom is 0.325 e. The van der Waals surface area contributed by atoms with Crippen molar-refractivity contribution >= 4 is 5.97 Å². The third kappa shape index (κ3) is 2.09. The van der Waals surface area contributed by atoms with E-state index in [2.05, 4.69) is 11.8 Å². The van der Waals surface area contributed by atoms with Crippen LogP contribution in [0.5, 0.6) is 0 Å². The lowest BCUT2D eigenvalue weighted by Crippen LogP contribution is -2.36. The maximum absolute atomic E-state index is 11.4. The Morgan fingerprint density at radius 2 is 2.12 bits per heavy atom. The molecule has 1 aromatic rings. The molecular formula is C13H17NO2. The van der Waals surface area contributed by atoms with Crippen LogP contribution in [0.25, 0.3) is 0 Å². The van der Waals surface area contributed by atoms with Crippen molar-refractivity contribution in [2.75, 3.05) is 6.54 Å². The predicted octanol–water partition coefficient (Wildman–Crippen LogP) is 2.30. The van der Waals surface area contributed by atoms with Gasteiger partial charge in [-0.15, -0.1) is 0 Å². The Hall–Kier alpha value is -1.35. The molecule has 0 aromatic heterocycles. The van der Waals surface area contributed by atoms with Crippen LogP contribution in [0.2, 0.25) is 0 Å². The normalized spacial score (nSPS) is 23.2. The van der Waals surface area contributed by atoms with E-state index in [-0.39, 0.29) is 0 Å². The summed E-state index contributed by atoms with van der Waals surface area (Å²) in [4.78, 5) is 13.5. The number of hydrogen-bond acceptors (Lipinski definition) is 2. The highest BCUT2D eigenvalue weighted by Crippen LogP contribution is 2.29. The first-order valence-corrected chi connectivity index (χ1v) is 5.73. The molecule has 1 heterocycles. The van der Waals surface area contributed by atoms with E-state index in [1.54, 1.807) is 0 Å². The number of carbonyl (C=O) groups is 1. The van der Waals surface area contributed by atoms with Crippen LogP contribution in [0.4, 0.5) is 0 Å². The number of hydrogen-bond donors (Lipinski definition) is 1. The summed E-state index contributed by atoms with van der Waals surface area (Å²) in [5, 5.41) is 9.36. The van der Waals surface area contributed by atoms with Crippen LogP contribution in [0, 0.1) is 0 Å². The summed E-state index contributed by atoms with van der Waals surface area (Å²) in [5.74, 6) is -0.750. The minimum atomic E-state index is -0.750. The van der Waals surface area contributed by atoms with Crippen LogP contribution >= 0.6 is 0 Å². The molecule has 2 atom stereocenters. The highest BCUT2D eigenvalue weighted by Gasteiger charge is 2.33. The third-order valence-corrected chi connectivity index (χ3v) is 3.29. The van der Waals surface area contributed by atoms with Crippen LogP contribution in [0.1, 0.15) is 31.4 Å². The van der Waals surface area contributed by atoms with E-state index in [9.17, 15) is 9.90 Å². The molecule has 0 saturated carbocycles. The van der Waals surface area contributed by atoms with E-state index in [4.69, 9.17) is 0 Å². The highest BCUT2D eigenvalue weighted by molar-refractivity contribution is 5.75. The molecule has 1 saturated heterocycles. The van der Waals surface area contributed by atoms with Crippen LogP contribution in [-0.4, -0.2) is 28.6 Å². The summed E-state index contributed by atoms with van der Waals surface area (Å²) in [5.41, 5.74) is 0.878. The maximum atomic E-state index is 11.4. The predicted molar refractivity (Wildman–Crippen MR) is 62.2 cm³/mol. The van der Waals surface area contributed by atoms with Crippen molar-refractivity contribution in [3.63, 3.8) is 0 Å². The fourth-order valence-corrected chi connectivity index (χ4v) is 2.45. The van der Waals surface area contributed by atoms with Gasteiger partial charge in [-0.05, 0) is 31.9 Å². The van der Waals surface area contributed by atoms with Gasteiger partial charge in [0, 0.05) is 6.04 Å². The molecule has 1 aromatic carbocycles. The van der Waals surface area contributed by atoms with E-state index in [1.165, 1.54) is 0 Å². The molecule has 2 rings (SSSR count). The number of carboxylic acids is 1. The molecule has 3 heteroatoms. The summed E-state index contributed by atoms with van der Waals surface area (Å²) in [6, 6.07) is 9.36. The van der Waals surface area contributed by atoms with Crippen molar-refractivity contribution < 1.29 is 9.90 Å². The van der Waals surface area contributed by atoms with Crippen molar-refractivity contribution in [2.45, 2.75) is 31.8 Å². The number of rotatable bonds is 3. The molecule has 3 nitrogen and oxygen atoms in total. The second-order valence-electron chi connectivity index (χ2n) is 4.38. The average molecular weight is 219 g/mol. The largest absolute Gasteiger partial charge is 0.480 e. The fourth-order valence-electron chi connectivity index (χ4n) is 2.45. The van der Waals surface area contributed by atoms with Crippen LogP contribution in [0.3, 0.4) is 0 Å². The number of likely N-dealkylation sites (tertiary alicyclic amines) is 1. The summed E-state index contributed by atoms with van der Waals surface area (Å²) in [6.07, 6.45) is 2.19. The Morgan fingerprint density at radius 1 is 1.44 bits per heavy atom. The van der Waals surface area contributed by atoms with Gasteiger partial charge in [0.05, 0.1) is 0 Å². The lowest BCUT2D eigenvalue weighted by atomic mass is 10.0. The Bertz CT molecular complexity index is 363. The van der Waals surface area contributed by atoms with Gasteiger partial charge >= 0.3 is 5.97 Å². The lowest BCUT2D eigenvalue weighted by molar-refractivity contribution is -0.143. The van der Waals surface area contributed by atoms with Crippen molar-refractivity contribution in [1.82, 2.24) is 4.90 Å². The zero-order valence-electron chi connectivity index (χ0n) is 9.47. The Kier molecular flexibility index (Phi) is 3.25. The van der Waals surface area contributed by atoms with Gasteiger partial charge in [0.15, 0.2) is 0 Å². The van der Waals surface area contributed by atoms with E-state index in [0.29, 0.717) is 6.04 Å². The first-order chi connectivity index (χ1) is 7.70. The highest BCUT2D eigenvalue weighted by atomic mass is 16.4. The van der Waals surface area contributed by atoms with E-state index >= 15 is 0 Å². The molecule has 1 aliphatic heterocycles. The molecule has 0 bridgehead atoms. The molecule has 1 fully saturated rings. The van der Waals surface area contributed by atoms with E-state index < -0.39 is 12.0 Å². The van der Waals surface area contributed by atoms with Gasteiger partial charge in [-0.2, -0.15) is 0 Å². The summed E-state index contributed by atoms with van der Waals surface area (Å²) < 4.78 is 0. The summed E-state index contributed by atoms with van der Waals surface area (Å²) >= 11 is 0. The molecule has 1 aliphatic rings. The van der Waals surface area contributed by atoms with Crippen molar-refractivity contribution in [1.29, 1.82) is 0 Å². The molecular weight excluding hydrogens is 202 g/mol. The zero-order chi connectivity index (χ0) is 11.5. The van der Waals surface area contributed by atoms with Gasteiger partial charge in [-0.1, -0.05) is 30.3 Å². The monoisotopic (exact) mass is 219 g/mol. The number of carboxylic acid groups (broad SMARTS) is 1. The summed E-state index contributed by atoms with van der Waals surface area (Å²) in [7, 11) is 0. The Labute approximate surface area is 95.7 Å². The molecule has 2 unspecified atom stereocenters. The smallest absolute Gasteiger partial charge is 0.325 e. The minimum Gasteiger partial charge on any atom is -0.480 e. The van der Waals surface area contributed by atoms with Gasteiger partial charge in [-0.25, -0.2) is 0 Å². The number of nitrogens with zero attached hydrogens (tertiary/aromatic N) is 1. The van der Waals surface area contributed by atoms with Crippen LogP contribution < -0.4 is 0 Å². The molecule has 1 N–H and O–H groups in total. The molecule has 0 spiro atoms. The molecule has 16 heavy (non-hydrogen) atoms. The van der Waals surface area contributed by atoms with Crippen molar-refractivity contribution in [3.05, 3.63) is 35.9 Å². The standard InChI is InChI=1S/C13H17NO2/c1-10-6-5-9-14(10)12(13(15)16)11-7-3-2-4-8-11/h2-4,7-8,10,12H,5-6,9H2,1H3,(H,15,16). The minimum absolute atomic E-state index is 0.362. The average Bonchev–Trinajstić information content (AvgIpc) is 2.66. The molecule has 0 radical (unpaired) electrons. The Morgan fingerprint density at radius 3 is 2.62 bits per heavy atom. The molecule has 0 aliphatic carbocycles. The fraction of sp³-hybridized carbons (Fsp3) is 0.462. The van der Waals surface area contributed by atoms with E-state index in [1.807, 2.05) is 30.3 Å². The lowest BCUT2D eigenvalue weighted by Gasteiger charge is -2.28. The topological polar surface area (TPSA) is 40.5 Å². The van der Waals surface area contributed by atoms with Gasteiger partial charge in [-0.3, -0.25) is 9.69 Å². The molecule has 0 amide bonds. The number of benzene rings is 1. The van der Waals surface area contributed by atoms with Crippen molar-refractivity contribution in [2.24, 2.45) is 0 Å². The van der Waals surface area contributed by atoms with Gasteiger partial charge in [0.1, 0.15) is 6.04 Å². The Balaban J connectivity index is 2.27. The first-order valence-electron chi connectivity index (χ1n) is 5.73. The van der Waals surface area contributed by atoms with Crippen LogP contribution in [-0.2, 0) is 4.79 Å². The second-order valence-corrected chi connectivity index (χ2v) is 4.38. The van der Waals surface area contributed by atoms with Crippen LogP contribution in [0.15, 0.2) is 30.3 Å². The SMILES string of the molecule is CC1CCCN1C(C(=O)O)c1ccccc1. The first kappa shape index (κ1) is 11.1. The quantitative estimate of drug-likeness (QED) is 0.848. The van der Waals surface area contributed by atoms with Gasteiger partial charge in [0.25, 0.3) is 0 Å². The van der Waals surface area contributed by atoms with Gasteiger partial charge < -0.3 is 5.11 Å². The second kappa shape index (κ2) is 4.66. The summed E-state index contributed by atoms with van der Waals surface area (Å²) in [6.45, 7) is 2.99. The van der Waals surface area contributed by atoms with E-state index in [0.717, 1.165) is 24.9 Å².